The van der Waals surface area contributed by atoms with Crippen molar-refractivity contribution in [3.63, 3.8) is 0 Å². The summed E-state index contributed by atoms with van der Waals surface area (Å²) in [4.78, 5) is 19.7. The normalized spacial score (nSPS) is 9.00. The Hall–Kier alpha value is -1.08. The minimum atomic E-state index is -1.27. The average Bonchev–Trinajstić information content (AvgIpc) is 2.26. The second-order valence-electron chi connectivity index (χ2n) is 3.67. The summed E-state index contributed by atoms with van der Waals surface area (Å²) in [6, 6.07) is 0. The number of halogens is 2. The van der Waals surface area contributed by atoms with Gasteiger partial charge in [0.1, 0.15) is 19.1 Å². The highest BCUT2D eigenvalue weighted by Crippen LogP contribution is 2.07. The predicted molar refractivity (Wildman–Crippen MR) is 69.8 cm³/mol. The monoisotopic (exact) mass is 288 g/mol. The van der Waals surface area contributed by atoms with E-state index in [2.05, 4.69) is 4.74 Å². The topological polar surface area (TPSA) is 83.8 Å². The molecular formula is C12H26F2O5. The average molecular weight is 288 g/mol. The van der Waals surface area contributed by atoms with Crippen LogP contribution < -0.4 is 0 Å². The van der Waals surface area contributed by atoms with Gasteiger partial charge in [-0.25, -0.2) is 13.6 Å². The smallest absolute Gasteiger partial charge is 0.335 e. The van der Waals surface area contributed by atoms with Crippen molar-refractivity contribution < 1.29 is 33.3 Å². The van der Waals surface area contributed by atoms with Crippen molar-refractivity contribution in [2.24, 2.45) is 0 Å². The van der Waals surface area contributed by atoms with Crippen LogP contribution in [0.15, 0.2) is 0 Å². The molecule has 0 aromatic heterocycles. The number of ketones is 1. The second kappa shape index (κ2) is 16.9. The Morgan fingerprint density at radius 1 is 1.16 bits per heavy atom. The minimum Gasteiger partial charge on any atom is -0.479 e. The van der Waals surface area contributed by atoms with E-state index in [-0.39, 0.29) is 26.4 Å². The van der Waals surface area contributed by atoms with Crippen LogP contribution in [0.4, 0.5) is 8.78 Å². The summed E-state index contributed by atoms with van der Waals surface area (Å²) in [6.45, 7) is 4.02. The van der Waals surface area contributed by atoms with Gasteiger partial charge >= 0.3 is 5.97 Å². The van der Waals surface area contributed by atoms with Gasteiger partial charge in [0.05, 0.1) is 13.2 Å². The van der Waals surface area contributed by atoms with Crippen LogP contribution in [0.25, 0.3) is 0 Å². The number of carboxylic acids is 1. The van der Waals surface area contributed by atoms with E-state index in [9.17, 15) is 18.4 Å². The van der Waals surface area contributed by atoms with Gasteiger partial charge in [0, 0.05) is 0 Å². The maximum atomic E-state index is 11.5. The van der Waals surface area contributed by atoms with E-state index in [0.29, 0.717) is 0 Å². The fourth-order valence-corrected chi connectivity index (χ4v) is 0.355. The molecule has 0 spiro atoms. The van der Waals surface area contributed by atoms with Crippen LogP contribution in [-0.2, 0) is 14.3 Å². The molecule has 0 aliphatic rings. The van der Waals surface area contributed by atoms with Gasteiger partial charge in [-0.2, -0.15) is 0 Å². The lowest BCUT2D eigenvalue weighted by atomic mass is 10.1. The third kappa shape index (κ3) is 31.6. The maximum absolute atomic E-state index is 11.5. The second-order valence-corrected chi connectivity index (χ2v) is 3.67. The van der Waals surface area contributed by atoms with E-state index in [1.807, 2.05) is 0 Å². The molecule has 0 aliphatic heterocycles. The standard InChI is InChI=1S/C6H11FO3.C3H6O.C2H5FO.CH4/c1-6(2,5(8)9)10-4-3-7;1-3(2)4;3-1-2-4;/h3-4H2,1-2H3,(H,8,9);1-2H3;4H,1-2H2;1H4. The summed E-state index contributed by atoms with van der Waals surface area (Å²) in [6.07, 6.45) is 0. The zero-order valence-electron chi connectivity index (χ0n) is 11.2. The highest BCUT2D eigenvalue weighted by Gasteiger charge is 2.27. The van der Waals surface area contributed by atoms with Gasteiger partial charge < -0.3 is 19.7 Å². The Labute approximate surface area is 113 Å². The number of rotatable bonds is 5. The van der Waals surface area contributed by atoms with Gasteiger partial charge in [0.15, 0.2) is 5.60 Å². The number of Topliss-reactive ketones (excluding diaryl/α,β-unsaturated/α-hetero) is 1. The van der Waals surface area contributed by atoms with Gasteiger partial charge in [-0.15, -0.1) is 0 Å². The lowest BCUT2D eigenvalue weighted by Crippen LogP contribution is -2.35. The Morgan fingerprint density at radius 3 is 1.63 bits per heavy atom. The van der Waals surface area contributed by atoms with E-state index in [1.165, 1.54) is 27.7 Å². The van der Waals surface area contributed by atoms with Crippen LogP contribution in [-0.4, -0.2) is 54.1 Å². The van der Waals surface area contributed by atoms with Crippen LogP contribution in [0.1, 0.15) is 35.1 Å². The molecule has 0 amide bonds. The molecule has 5 nitrogen and oxygen atoms in total. The largest absolute Gasteiger partial charge is 0.479 e. The van der Waals surface area contributed by atoms with Gasteiger partial charge in [0.2, 0.25) is 0 Å². The van der Waals surface area contributed by atoms with Gasteiger partial charge in [-0.1, -0.05) is 7.43 Å². The van der Waals surface area contributed by atoms with Crippen molar-refractivity contribution in [1.82, 2.24) is 0 Å². The van der Waals surface area contributed by atoms with Gasteiger partial charge in [0.25, 0.3) is 0 Å². The molecule has 7 heteroatoms. The molecule has 0 rings (SSSR count). The molecular weight excluding hydrogens is 262 g/mol. The number of carbonyl (C=O) groups excluding carboxylic acids is 1. The summed E-state index contributed by atoms with van der Waals surface area (Å²) in [5.74, 6) is -0.916. The summed E-state index contributed by atoms with van der Waals surface area (Å²) < 4.78 is 26.6. The number of alkyl halides is 2. The van der Waals surface area contributed by atoms with E-state index in [1.54, 1.807) is 0 Å². The van der Waals surface area contributed by atoms with Gasteiger partial charge in [-0.3, -0.25) is 0 Å². The third-order valence-corrected chi connectivity index (χ3v) is 1.14. The Kier molecular flexibility index (Phi) is 23.6. The molecule has 0 bridgehead atoms. The zero-order chi connectivity index (χ0) is 15.2. The first-order valence-corrected chi connectivity index (χ1v) is 5.23. The third-order valence-electron chi connectivity index (χ3n) is 1.14. The number of carbonyl (C=O) groups is 2. The first-order valence-electron chi connectivity index (χ1n) is 5.23. The number of aliphatic hydroxyl groups excluding tert-OH is 1. The van der Waals surface area contributed by atoms with E-state index >= 15 is 0 Å². The van der Waals surface area contributed by atoms with Crippen LogP contribution in [0, 0.1) is 0 Å². The molecule has 0 saturated carbocycles. The van der Waals surface area contributed by atoms with Gasteiger partial charge in [-0.05, 0) is 27.7 Å². The minimum absolute atomic E-state index is 0. The molecule has 0 saturated heterocycles. The highest BCUT2D eigenvalue weighted by molar-refractivity contribution is 5.76. The number of aliphatic carboxylic acids is 1. The predicted octanol–water partition coefficient (Wildman–Crippen LogP) is 2.02. The van der Waals surface area contributed by atoms with Crippen LogP contribution in [0.5, 0.6) is 0 Å². The van der Waals surface area contributed by atoms with Crippen molar-refractivity contribution >= 4 is 11.8 Å². The molecule has 118 valence electrons. The van der Waals surface area contributed by atoms with Crippen molar-refractivity contribution in [2.45, 2.75) is 40.7 Å². The first kappa shape index (κ1) is 26.5. The SMILES string of the molecule is C.CC(C)(OCCF)C(=O)O.CC(C)=O.OCCF. The molecule has 0 aromatic rings. The molecule has 0 atom stereocenters. The fourth-order valence-electron chi connectivity index (χ4n) is 0.355. The molecule has 0 heterocycles. The van der Waals surface area contributed by atoms with Crippen molar-refractivity contribution in [1.29, 1.82) is 0 Å². The molecule has 19 heavy (non-hydrogen) atoms. The summed E-state index contributed by atoms with van der Waals surface area (Å²) in [5, 5.41) is 15.9. The summed E-state index contributed by atoms with van der Waals surface area (Å²) in [5.41, 5.74) is -1.27. The lowest BCUT2D eigenvalue weighted by molar-refractivity contribution is -0.161. The van der Waals surface area contributed by atoms with E-state index < -0.39 is 24.9 Å². The van der Waals surface area contributed by atoms with Crippen molar-refractivity contribution in [3.05, 3.63) is 0 Å². The van der Waals surface area contributed by atoms with Crippen LogP contribution >= 0.6 is 0 Å². The quantitative estimate of drug-likeness (QED) is 0.808. The van der Waals surface area contributed by atoms with Crippen LogP contribution in [0.3, 0.4) is 0 Å². The molecule has 0 unspecified atom stereocenters. The summed E-state index contributed by atoms with van der Waals surface area (Å²) >= 11 is 0. The van der Waals surface area contributed by atoms with E-state index in [4.69, 9.17) is 10.2 Å². The number of ether oxygens (including phenoxy) is 1. The van der Waals surface area contributed by atoms with Crippen molar-refractivity contribution in [3.8, 4) is 0 Å². The molecule has 0 aliphatic carbocycles. The molecule has 2 N–H and O–H groups in total. The zero-order valence-corrected chi connectivity index (χ0v) is 11.2. The Balaban J connectivity index is -0.000000105. The number of hydrogen-bond donors (Lipinski definition) is 2. The highest BCUT2D eigenvalue weighted by atomic mass is 19.1. The summed E-state index contributed by atoms with van der Waals surface area (Å²) in [7, 11) is 0. The van der Waals surface area contributed by atoms with Crippen LogP contribution in [0.2, 0.25) is 0 Å². The van der Waals surface area contributed by atoms with Crippen molar-refractivity contribution in [2.75, 3.05) is 26.6 Å². The number of hydrogen-bond acceptors (Lipinski definition) is 4. The Morgan fingerprint density at radius 2 is 1.47 bits per heavy atom. The first-order chi connectivity index (χ1) is 8.15. The maximum Gasteiger partial charge on any atom is 0.335 e. The number of aliphatic hydroxyl groups is 1. The Bertz CT molecular complexity index is 214. The fraction of sp³-hybridized carbons (Fsp3) is 0.833. The lowest BCUT2D eigenvalue weighted by Gasteiger charge is -2.18. The van der Waals surface area contributed by atoms with E-state index in [0.717, 1.165) is 0 Å². The molecule has 0 aromatic carbocycles. The molecule has 0 fully saturated rings. The molecule has 0 radical (unpaired) electrons. The number of carboxylic acid groups (broad SMARTS) is 1.